The second-order valence-corrected chi connectivity index (χ2v) is 3.51. The van der Waals surface area contributed by atoms with E-state index >= 15 is 0 Å². The van der Waals surface area contributed by atoms with Gasteiger partial charge in [-0.15, -0.1) is 0 Å². The Morgan fingerprint density at radius 3 is 2.67 bits per heavy atom. The van der Waals surface area contributed by atoms with Gasteiger partial charge in [0, 0.05) is 6.54 Å². The molecule has 0 unspecified atom stereocenters. The summed E-state index contributed by atoms with van der Waals surface area (Å²) >= 11 is 3.07. The number of anilines is 2. The van der Waals surface area contributed by atoms with Gasteiger partial charge in [-0.2, -0.15) is 13.2 Å². The Labute approximate surface area is 92.2 Å². The maximum absolute atomic E-state index is 11.8. The SMILES string of the molecule is Nc1ncnc(NCCC(F)(F)F)c1Br. The summed E-state index contributed by atoms with van der Waals surface area (Å²) in [5.74, 6) is 0.436. The summed E-state index contributed by atoms with van der Waals surface area (Å²) in [5.41, 5.74) is 5.42. The molecule has 0 aliphatic rings. The number of nitrogens with zero attached hydrogens (tertiary/aromatic N) is 2. The summed E-state index contributed by atoms with van der Waals surface area (Å²) in [4.78, 5) is 7.40. The van der Waals surface area contributed by atoms with Crippen LogP contribution >= 0.6 is 15.9 Å². The van der Waals surface area contributed by atoms with Gasteiger partial charge in [0.1, 0.15) is 22.4 Å². The van der Waals surface area contributed by atoms with Crippen molar-refractivity contribution in [2.24, 2.45) is 0 Å². The Morgan fingerprint density at radius 1 is 1.40 bits per heavy atom. The molecular weight excluding hydrogens is 277 g/mol. The molecule has 0 fully saturated rings. The molecule has 1 heterocycles. The average molecular weight is 285 g/mol. The van der Waals surface area contributed by atoms with Gasteiger partial charge in [-0.1, -0.05) is 0 Å². The second-order valence-electron chi connectivity index (χ2n) is 2.71. The van der Waals surface area contributed by atoms with E-state index in [9.17, 15) is 13.2 Å². The highest BCUT2D eigenvalue weighted by molar-refractivity contribution is 9.10. The summed E-state index contributed by atoms with van der Waals surface area (Å²) in [6.07, 6.45) is -3.93. The summed E-state index contributed by atoms with van der Waals surface area (Å²) in [7, 11) is 0. The molecule has 0 aromatic carbocycles. The van der Waals surface area contributed by atoms with Crippen LogP contribution in [0.3, 0.4) is 0 Å². The van der Waals surface area contributed by atoms with Crippen molar-refractivity contribution >= 4 is 27.6 Å². The Morgan fingerprint density at radius 2 is 2.07 bits per heavy atom. The first-order chi connectivity index (χ1) is 6.90. The van der Waals surface area contributed by atoms with Gasteiger partial charge < -0.3 is 11.1 Å². The zero-order chi connectivity index (χ0) is 11.5. The Kier molecular flexibility index (Phi) is 3.72. The van der Waals surface area contributed by atoms with Crippen LogP contribution in [0.2, 0.25) is 0 Å². The number of nitrogen functional groups attached to an aromatic ring is 1. The minimum absolute atomic E-state index is 0.180. The number of rotatable bonds is 3. The zero-order valence-electron chi connectivity index (χ0n) is 7.48. The molecule has 1 aromatic heterocycles. The molecule has 15 heavy (non-hydrogen) atoms. The van der Waals surface area contributed by atoms with Gasteiger partial charge >= 0.3 is 6.18 Å². The number of hydrogen-bond donors (Lipinski definition) is 2. The lowest BCUT2D eigenvalue weighted by molar-refractivity contribution is -0.131. The molecule has 0 bridgehead atoms. The van der Waals surface area contributed by atoms with Gasteiger partial charge in [-0.3, -0.25) is 0 Å². The highest BCUT2D eigenvalue weighted by Crippen LogP contribution is 2.25. The van der Waals surface area contributed by atoms with Crippen molar-refractivity contribution in [3.8, 4) is 0 Å². The predicted octanol–water partition coefficient (Wildman–Crippen LogP) is 2.19. The van der Waals surface area contributed by atoms with Crippen LogP contribution in [0.5, 0.6) is 0 Å². The molecule has 1 rings (SSSR count). The van der Waals surface area contributed by atoms with E-state index in [1.54, 1.807) is 0 Å². The van der Waals surface area contributed by atoms with Crippen LogP contribution in [0.4, 0.5) is 24.8 Å². The van der Waals surface area contributed by atoms with Crippen LogP contribution in [0, 0.1) is 0 Å². The Hall–Kier alpha value is -1.05. The molecule has 0 radical (unpaired) electrons. The molecule has 4 nitrogen and oxygen atoms in total. The Bertz CT molecular complexity index is 341. The normalized spacial score (nSPS) is 11.5. The molecular formula is C7H8BrF3N4. The van der Waals surface area contributed by atoms with Gasteiger partial charge in [0.2, 0.25) is 0 Å². The van der Waals surface area contributed by atoms with E-state index in [-0.39, 0.29) is 18.2 Å². The van der Waals surface area contributed by atoms with Crippen LogP contribution < -0.4 is 11.1 Å². The quantitative estimate of drug-likeness (QED) is 0.893. The number of nitrogens with one attached hydrogen (secondary N) is 1. The minimum atomic E-state index is -4.18. The van der Waals surface area contributed by atoms with E-state index in [2.05, 4.69) is 31.2 Å². The zero-order valence-corrected chi connectivity index (χ0v) is 9.06. The monoisotopic (exact) mass is 284 g/mol. The van der Waals surface area contributed by atoms with Gasteiger partial charge in [0.25, 0.3) is 0 Å². The van der Waals surface area contributed by atoms with Crippen molar-refractivity contribution in [1.29, 1.82) is 0 Å². The highest BCUT2D eigenvalue weighted by atomic mass is 79.9. The maximum atomic E-state index is 11.8. The molecule has 0 aliphatic carbocycles. The lowest BCUT2D eigenvalue weighted by Crippen LogP contribution is -2.15. The van der Waals surface area contributed by atoms with Gasteiger partial charge in [-0.25, -0.2) is 9.97 Å². The van der Waals surface area contributed by atoms with Crippen molar-refractivity contribution < 1.29 is 13.2 Å². The topological polar surface area (TPSA) is 63.8 Å². The third-order valence-electron chi connectivity index (χ3n) is 1.52. The minimum Gasteiger partial charge on any atom is -0.383 e. The third-order valence-corrected chi connectivity index (χ3v) is 2.30. The molecule has 0 saturated carbocycles. The lowest BCUT2D eigenvalue weighted by atomic mass is 10.4. The van der Waals surface area contributed by atoms with E-state index in [0.717, 1.165) is 0 Å². The molecule has 1 aromatic rings. The summed E-state index contributed by atoms with van der Waals surface area (Å²) in [6.45, 7) is -0.251. The third kappa shape index (κ3) is 3.90. The van der Waals surface area contributed by atoms with E-state index in [4.69, 9.17) is 5.73 Å². The van der Waals surface area contributed by atoms with Crippen LogP contribution in [0.1, 0.15) is 6.42 Å². The number of alkyl halides is 3. The maximum Gasteiger partial charge on any atom is 0.390 e. The standard InChI is InChI=1S/C7H8BrF3N4/c8-4-5(12)14-3-15-6(4)13-2-1-7(9,10)11/h3H,1-2H2,(H3,12,13,14,15). The van der Waals surface area contributed by atoms with Crippen molar-refractivity contribution in [2.45, 2.75) is 12.6 Å². The lowest BCUT2D eigenvalue weighted by Gasteiger charge is -2.09. The van der Waals surface area contributed by atoms with Gasteiger partial charge in [0.15, 0.2) is 0 Å². The fraction of sp³-hybridized carbons (Fsp3) is 0.429. The first-order valence-corrected chi connectivity index (χ1v) is 4.76. The molecule has 8 heteroatoms. The molecule has 3 N–H and O–H groups in total. The van der Waals surface area contributed by atoms with Crippen molar-refractivity contribution in [3.05, 3.63) is 10.8 Å². The molecule has 84 valence electrons. The molecule has 0 spiro atoms. The van der Waals surface area contributed by atoms with Crippen molar-refractivity contribution in [1.82, 2.24) is 9.97 Å². The molecule has 0 amide bonds. The summed E-state index contributed by atoms with van der Waals surface area (Å²) in [6, 6.07) is 0. The molecule has 0 aliphatic heterocycles. The van der Waals surface area contributed by atoms with Gasteiger partial charge in [-0.05, 0) is 15.9 Å². The van der Waals surface area contributed by atoms with E-state index in [1.807, 2.05) is 0 Å². The molecule has 0 atom stereocenters. The fourth-order valence-corrected chi connectivity index (χ4v) is 1.17. The van der Waals surface area contributed by atoms with E-state index in [0.29, 0.717) is 4.47 Å². The highest BCUT2D eigenvalue weighted by Gasteiger charge is 2.26. The first kappa shape index (κ1) is 12.0. The predicted molar refractivity (Wildman–Crippen MR) is 53.3 cm³/mol. The Balaban J connectivity index is 2.55. The number of nitrogens with two attached hydrogens (primary N) is 1. The van der Waals surface area contributed by atoms with Crippen LogP contribution in [0.25, 0.3) is 0 Å². The van der Waals surface area contributed by atoms with Crippen LogP contribution in [-0.2, 0) is 0 Å². The van der Waals surface area contributed by atoms with Gasteiger partial charge in [0.05, 0.1) is 6.42 Å². The van der Waals surface area contributed by atoms with Crippen molar-refractivity contribution in [2.75, 3.05) is 17.6 Å². The second kappa shape index (κ2) is 4.65. The smallest absolute Gasteiger partial charge is 0.383 e. The van der Waals surface area contributed by atoms with E-state index in [1.165, 1.54) is 6.33 Å². The molecule has 0 saturated heterocycles. The number of hydrogen-bond acceptors (Lipinski definition) is 4. The summed E-state index contributed by atoms with van der Waals surface area (Å²) in [5, 5.41) is 2.51. The van der Waals surface area contributed by atoms with Crippen LogP contribution in [-0.4, -0.2) is 22.7 Å². The first-order valence-electron chi connectivity index (χ1n) is 3.97. The fourth-order valence-electron chi connectivity index (χ4n) is 0.829. The number of aromatic nitrogens is 2. The van der Waals surface area contributed by atoms with Crippen LogP contribution in [0.15, 0.2) is 10.8 Å². The largest absolute Gasteiger partial charge is 0.390 e. The van der Waals surface area contributed by atoms with Crippen molar-refractivity contribution in [3.63, 3.8) is 0 Å². The number of halogens is 4. The summed E-state index contributed by atoms with van der Waals surface area (Å²) < 4.78 is 35.9. The average Bonchev–Trinajstić information content (AvgIpc) is 2.10. The van der Waals surface area contributed by atoms with E-state index < -0.39 is 12.6 Å².